The molecule has 122 valence electrons. The standard InChI is InChI=1S/C17H14FN3O2S/c1-21(9-16(22)20-13-4-2-3-12(18)8-13)17(23)11-5-6-14-15(7-11)24-10-19-14/h2-8,10H,9H2,1H3,(H,20,22). The molecule has 0 aliphatic heterocycles. The Bertz CT molecular complexity index is 909. The van der Waals surface area contributed by atoms with Crippen LogP contribution in [0.15, 0.2) is 48.0 Å². The van der Waals surface area contributed by atoms with Crippen LogP contribution in [0.25, 0.3) is 10.2 Å². The lowest BCUT2D eigenvalue weighted by molar-refractivity contribution is -0.116. The number of hydrogen-bond acceptors (Lipinski definition) is 4. The third kappa shape index (κ3) is 3.57. The molecule has 3 aromatic rings. The largest absolute Gasteiger partial charge is 0.332 e. The number of carbonyl (C=O) groups is 2. The summed E-state index contributed by atoms with van der Waals surface area (Å²) < 4.78 is 14.0. The summed E-state index contributed by atoms with van der Waals surface area (Å²) in [5.74, 6) is -1.09. The van der Waals surface area contributed by atoms with Crippen LogP contribution in [0.2, 0.25) is 0 Å². The molecule has 0 aliphatic carbocycles. The zero-order valence-electron chi connectivity index (χ0n) is 12.8. The van der Waals surface area contributed by atoms with Crippen molar-refractivity contribution in [3.05, 3.63) is 59.4 Å². The van der Waals surface area contributed by atoms with Crippen LogP contribution in [0, 0.1) is 5.82 Å². The second-order valence-electron chi connectivity index (χ2n) is 5.25. The SMILES string of the molecule is CN(CC(=O)Nc1cccc(F)c1)C(=O)c1ccc2ncsc2c1. The molecule has 0 fully saturated rings. The molecular formula is C17H14FN3O2S. The van der Waals surface area contributed by atoms with Crippen LogP contribution in [0.3, 0.4) is 0 Å². The molecule has 24 heavy (non-hydrogen) atoms. The third-order valence-corrected chi connectivity index (χ3v) is 4.21. The lowest BCUT2D eigenvalue weighted by atomic mass is 10.2. The molecule has 5 nitrogen and oxygen atoms in total. The summed E-state index contributed by atoms with van der Waals surface area (Å²) in [6.45, 7) is -0.129. The number of fused-ring (bicyclic) bond motifs is 1. The maximum atomic E-state index is 13.1. The second kappa shape index (κ2) is 6.76. The van der Waals surface area contributed by atoms with E-state index in [1.807, 2.05) is 0 Å². The van der Waals surface area contributed by atoms with Gasteiger partial charge in [0.05, 0.1) is 22.3 Å². The molecule has 1 aromatic heterocycles. The summed E-state index contributed by atoms with van der Waals surface area (Å²) >= 11 is 1.45. The summed E-state index contributed by atoms with van der Waals surface area (Å²) in [7, 11) is 1.55. The van der Waals surface area contributed by atoms with Crippen LogP contribution in [0.4, 0.5) is 10.1 Å². The van der Waals surface area contributed by atoms with Crippen LogP contribution in [0.5, 0.6) is 0 Å². The normalized spacial score (nSPS) is 10.6. The maximum absolute atomic E-state index is 13.1. The van der Waals surface area contributed by atoms with E-state index in [0.29, 0.717) is 11.3 Å². The van der Waals surface area contributed by atoms with Gasteiger partial charge in [-0.3, -0.25) is 9.59 Å². The third-order valence-electron chi connectivity index (χ3n) is 3.41. The Labute approximate surface area is 141 Å². The van der Waals surface area contributed by atoms with Gasteiger partial charge >= 0.3 is 0 Å². The molecule has 7 heteroatoms. The zero-order chi connectivity index (χ0) is 17.1. The molecule has 0 atom stereocenters. The van der Waals surface area contributed by atoms with Crippen molar-refractivity contribution in [2.75, 3.05) is 18.9 Å². The van der Waals surface area contributed by atoms with Crippen molar-refractivity contribution in [3.8, 4) is 0 Å². The van der Waals surface area contributed by atoms with Gasteiger partial charge < -0.3 is 10.2 Å². The number of benzene rings is 2. The van der Waals surface area contributed by atoms with Crippen molar-refractivity contribution in [1.29, 1.82) is 0 Å². The molecule has 1 heterocycles. The van der Waals surface area contributed by atoms with Gasteiger partial charge in [-0.25, -0.2) is 9.37 Å². The second-order valence-corrected chi connectivity index (χ2v) is 6.14. The number of anilines is 1. The summed E-state index contributed by atoms with van der Waals surface area (Å²) in [6.07, 6.45) is 0. The van der Waals surface area contributed by atoms with E-state index in [2.05, 4.69) is 10.3 Å². The topological polar surface area (TPSA) is 62.3 Å². The van der Waals surface area contributed by atoms with Gasteiger partial charge in [0.25, 0.3) is 5.91 Å². The van der Waals surface area contributed by atoms with E-state index in [1.54, 1.807) is 36.8 Å². The fourth-order valence-corrected chi connectivity index (χ4v) is 2.98. The van der Waals surface area contributed by atoms with Crippen molar-refractivity contribution in [3.63, 3.8) is 0 Å². The predicted octanol–water partition coefficient (Wildman–Crippen LogP) is 3.15. The fraction of sp³-hybridized carbons (Fsp3) is 0.118. The molecule has 0 unspecified atom stereocenters. The zero-order valence-corrected chi connectivity index (χ0v) is 13.6. The number of hydrogen-bond donors (Lipinski definition) is 1. The Hall–Kier alpha value is -2.80. The maximum Gasteiger partial charge on any atom is 0.254 e. The quantitative estimate of drug-likeness (QED) is 0.791. The first-order valence-electron chi connectivity index (χ1n) is 7.17. The van der Waals surface area contributed by atoms with Gasteiger partial charge in [-0.05, 0) is 36.4 Å². The molecule has 0 spiro atoms. The molecular weight excluding hydrogens is 329 g/mol. The number of halogens is 1. The van der Waals surface area contributed by atoms with E-state index in [4.69, 9.17) is 0 Å². The first-order chi connectivity index (χ1) is 11.5. The van der Waals surface area contributed by atoms with Crippen molar-refractivity contribution in [2.24, 2.45) is 0 Å². The number of carbonyl (C=O) groups excluding carboxylic acids is 2. The molecule has 2 amide bonds. The van der Waals surface area contributed by atoms with E-state index < -0.39 is 11.7 Å². The van der Waals surface area contributed by atoms with E-state index in [1.165, 1.54) is 34.4 Å². The van der Waals surface area contributed by atoms with Crippen molar-refractivity contribution in [1.82, 2.24) is 9.88 Å². The molecule has 0 saturated carbocycles. The van der Waals surface area contributed by atoms with Crippen molar-refractivity contribution >= 4 is 39.1 Å². The highest BCUT2D eigenvalue weighted by Gasteiger charge is 2.16. The number of amides is 2. The average Bonchev–Trinajstić information content (AvgIpc) is 3.01. The number of nitrogens with zero attached hydrogens (tertiary/aromatic N) is 2. The molecule has 1 N–H and O–H groups in total. The van der Waals surface area contributed by atoms with E-state index in [-0.39, 0.29) is 12.5 Å². The number of thiazole rings is 1. The van der Waals surface area contributed by atoms with Gasteiger partial charge in [0.2, 0.25) is 5.91 Å². The van der Waals surface area contributed by atoms with Crippen LogP contribution in [0.1, 0.15) is 10.4 Å². The minimum Gasteiger partial charge on any atom is -0.332 e. The van der Waals surface area contributed by atoms with Gasteiger partial charge in [-0.1, -0.05) is 6.07 Å². The van der Waals surface area contributed by atoms with Gasteiger partial charge in [-0.15, -0.1) is 11.3 Å². The van der Waals surface area contributed by atoms with Crippen LogP contribution in [-0.4, -0.2) is 35.3 Å². The molecule has 2 aromatic carbocycles. The lowest BCUT2D eigenvalue weighted by Crippen LogP contribution is -2.34. The van der Waals surface area contributed by atoms with Crippen LogP contribution >= 0.6 is 11.3 Å². The summed E-state index contributed by atoms with van der Waals surface area (Å²) in [6, 6.07) is 10.8. The molecule has 0 radical (unpaired) electrons. The number of rotatable bonds is 4. The van der Waals surface area contributed by atoms with Crippen molar-refractivity contribution in [2.45, 2.75) is 0 Å². The van der Waals surface area contributed by atoms with Crippen LogP contribution < -0.4 is 5.32 Å². The van der Waals surface area contributed by atoms with E-state index in [9.17, 15) is 14.0 Å². The van der Waals surface area contributed by atoms with E-state index >= 15 is 0 Å². The first-order valence-corrected chi connectivity index (χ1v) is 8.05. The fourth-order valence-electron chi connectivity index (χ4n) is 2.26. The Kier molecular flexibility index (Phi) is 4.52. The number of likely N-dealkylation sites (N-methyl/N-ethyl adjacent to an activating group) is 1. The highest BCUT2D eigenvalue weighted by Crippen LogP contribution is 2.19. The lowest BCUT2D eigenvalue weighted by Gasteiger charge is -2.17. The Balaban J connectivity index is 1.65. The smallest absolute Gasteiger partial charge is 0.254 e. The molecule has 0 aliphatic rings. The average molecular weight is 343 g/mol. The monoisotopic (exact) mass is 343 g/mol. The minimum absolute atomic E-state index is 0.129. The van der Waals surface area contributed by atoms with E-state index in [0.717, 1.165) is 10.2 Å². The predicted molar refractivity (Wildman–Crippen MR) is 91.6 cm³/mol. The highest BCUT2D eigenvalue weighted by atomic mass is 32.1. The summed E-state index contributed by atoms with van der Waals surface area (Å²) in [5, 5.41) is 2.56. The Morgan fingerprint density at radius 1 is 1.25 bits per heavy atom. The number of nitrogens with one attached hydrogen (secondary N) is 1. The Morgan fingerprint density at radius 2 is 2.08 bits per heavy atom. The summed E-state index contributed by atoms with van der Waals surface area (Å²) in [5.41, 5.74) is 3.40. The van der Waals surface area contributed by atoms with Gasteiger partial charge in [-0.2, -0.15) is 0 Å². The van der Waals surface area contributed by atoms with Gasteiger partial charge in [0.1, 0.15) is 5.82 Å². The van der Waals surface area contributed by atoms with Crippen LogP contribution in [-0.2, 0) is 4.79 Å². The molecule has 3 rings (SSSR count). The molecule has 0 saturated heterocycles. The summed E-state index contributed by atoms with van der Waals surface area (Å²) in [4.78, 5) is 29.9. The van der Waals surface area contributed by atoms with Gasteiger partial charge in [0, 0.05) is 18.3 Å². The highest BCUT2D eigenvalue weighted by molar-refractivity contribution is 7.16. The number of aromatic nitrogens is 1. The van der Waals surface area contributed by atoms with Gasteiger partial charge in [0.15, 0.2) is 0 Å². The van der Waals surface area contributed by atoms with Crippen molar-refractivity contribution < 1.29 is 14.0 Å². The first kappa shape index (κ1) is 16.1. The minimum atomic E-state index is -0.435. The molecule has 0 bridgehead atoms. The Morgan fingerprint density at radius 3 is 2.88 bits per heavy atom.